The Bertz CT molecular complexity index is 538. The fraction of sp³-hybridized carbons (Fsp3) is 0.286. The maximum atomic E-state index is 12.4. The predicted molar refractivity (Wildman–Crippen MR) is 72.6 cm³/mol. The van der Waals surface area contributed by atoms with Crippen LogP contribution < -0.4 is 5.43 Å². The van der Waals surface area contributed by atoms with Gasteiger partial charge >= 0.3 is 0 Å². The Kier molecular flexibility index (Phi) is 2.95. The van der Waals surface area contributed by atoms with E-state index in [0.29, 0.717) is 6.54 Å². The number of hydrazone groups is 1. The van der Waals surface area contributed by atoms with Gasteiger partial charge in [-0.05, 0) is 5.56 Å². The molecule has 1 amide bonds. The van der Waals surface area contributed by atoms with Gasteiger partial charge in [0.25, 0.3) is 5.91 Å². The molecule has 19 heavy (non-hydrogen) atoms. The van der Waals surface area contributed by atoms with Crippen LogP contribution in [0.3, 0.4) is 0 Å². The van der Waals surface area contributed by atoms with E-state index in [1.807, 2.05) is 54.6 Å². The van der Waals surface area contributed by atoms with Gasteiger partial charge < -0.3 is 9.80 Å². The molecule has 0 spiro atoms. The highest BCUT2D eigenvalue weighted by molar-refractivity contribution is 5.94. The molecule has 0 saturated carbocycles. The lowest BCUT2D eigenvalue weighted by Gasteiger charge is -2.32. The van der Waals surface area contributed by atoms with Gasteiger partial charge in [-0.3, -0.25) is 10.2 Å². The Hall–Kier alpha value is -2.30. The average molecular weight is 256 g/mol. The van der Waals surface area contributed by atoms with Crippen LogP contribution in [0.2, 0.25) is 0 Å². The van der Waals surface area contributed by atoms with E-state index >= 15 is 0 Å². The molecule has 2 heterocycles. The Labute approximate surface area is 112 Å². The van der Waals surface area contributed by atoms with E-state index in [9.17, 15) is 4.79 Å². The van der Waals surface area contributed by atoms with Gasteiger partial charge in [0.15, 0.2) is 0 Å². The van der Waals surface area contributed by atoms with Crippen LogP contribution in [-0.4, -0.2) is 27.7 Å². The van der Waals surface area contributed by atoms with Gasteiger partial charge in [0.2, 0.25) is 6.17 Å². The van der Waals surface area contributed by atoms with Crippen LogP contribution in [0.5, 0.6) is 0 Å². The molecule has 1 atom stereocenters. The van der Waals surface area contributed by atoms with E-state index in [-0.39, 0.29) is 12.1 Å². The van der Waals surface area contributed by atoms with Crippen molar-refractivity contribution in [3.05, 3.63) is 48.3 Å². The molecule has 0 aromatic heterocycles. The Morgan fingerprint density at radius 1 is 1.26 bits per heavy atom. The van der Waals surface area contributed by atoms with Crippen LogP contribution in [0.15, 0.2) is 47.8 Å². The first kappa shape index (κ1) is 11.8. The van der Waals surface area contributed by atoms with Crippen LogP contribution in [0.1, 0.15) is 18.9 Å². The molecule has 98 valence electrons. The SMILES string of the molecule is CCC1=NNC2C(=O)N(Cc3ccccc3)C=CN12. The Balaban J connectivity index is 1.77. The van der Waals surface area contributed by atoms with E-state index in [0.717, 1.165) is 17.8 Å². The third-order valence-electron chi connectivity index (χ3n) is 3.33. The monoisotopic (exact) mass is 256 g/mol. The van der Waals surface area contributed by atoms with E-state index in [1.165, 1.54) is 0 Å². The molecule has 2 aliphatic rings. The summed E-state index contributed by atoms with van der Waals surface area (Å²) in [5.74, 6) is 0.924. The molecule has 1 N–H and O–H groups in total. The second-order valence-corrected chi connectivity index (χ2v) is 4.57. The lowest BCUT2D eigenvalue weighted by molar-refractivity contribution is -0.134. The molecule has 0 aliphatic carbocycles. The van der Waals surface area contributed by atoms with E-state index in [2.05, 4.69) is 10.5 Å². The van der Waals surface area contributed by atoms with E-state index in [4.69, 9.17) is 0 Å². The molecule has 0 bridgehead atoms. The molecule has 2 aliphatic heterocycles. The van der Waals surface area contributed by atoms with E-state index < -0.39 is 0 Å². The minimum Gasteiger partial charge on any atom is -0.310 e. The van der Waals surface area contributed by atoms with Gasteiger partial charge in [-0.25, -0.2) is 0 Å². The van der Waals surface area contributed by atoms with E-state index in [1.54, 1.807) is 4.90 Å². The fourth-order valence-corrected chi connectivity index (χ4v) is 2.31. The molecule has 0 fully saturated rings. The smallest absolute Gasteiger partial charge is 0.272 e. The fourth-order valence-electron chi connectivity index (χ4n) is 2.31. The lowest BCUT2D eigenvalue weighted by atomic mass is 10.2. The number of fused-ring (bicyclic) bond motifs is 1. The summed E-state index contributed by atoms with van der Waals surface area (Å²) < 4.78 is 0. The standard InChI is InChI=1S/C14H16N4O/c1-2-12-15-16-13-14(19)17(8-9-18(12)13)10-11-6-4-3-5-7-11/h3-9,13,16H,2,10H2,1H3. The quantitative estimate of drug-likeness (QED) is 0.890. The zero-order valence-electron chi connectivity index (χ0n) is 10.8. The van der Waals surface area contributed by atoms with Crippen molar-refractivity contribution in [2.24, 2.45) is 5.10 Å². The maximum absolute atomic E-state index is 12.4. The van der Waals surface area contributed by atoms with Crippen LogP contribution in [0.4, 0.5) is 0 Å². The second kappa shape index (κ2) is 4.76. The summed E-state index contributed by atoms with van der Waals surface area (Å²) in [4.78, 5) is 16.0. The highest BCUT2D eigenvalue weighted by Gasteiger charge is 2.36. The van der Waals surface area contributed by atoms with Crippen molar-refractivity contribution >= 4 is 11.7 Å². The number of nitrogens with one attached hydrogen (secondary N) is 1. The van der Waals surface area contributed by atoms with Crippen molar-refractivity contribution in [3.63, 3.8) is 0 Å². The number of amides is 1. The van der Waals surface area contributed by atoms with Crippen molar-refractivity contribution in [2.45, 2.75) is 26.1 Å². The zero-order chi connectivity index (χ0) is 13.2. The third kappa shape index (κ3) is 2.07. The van der Waals surface area contributed by atoms with Crippen LogP contribution in [-0.2, 0) is 11.3 Å². The number of carbonyl (C=O) groups is 1. The summed E-state index contributed by atoms with van der Waals surface area (Å²) in [6.07, 6.45) is 4.16. The summed E-state index contributed by atoms with van der Waals surface area (Å²) in [6, 6.07) is 9.96. The minimum absolute atomic E-state index is 0.0264. The first-order chi connectivity index (χ1) is 9.29. The Morgan fingerprint density at radius 3 is 2.79 bits per heavy atom. The van der Waals surface area contributed by atoms with Gasteiger partial charge in [0.05, 0.1) is 6.54 Å². The normalized spacial score (nSPS) is 21.2. The number of nitrogens with zero attached hydrogens (tertiary/aromatic N) is 3. The largest absolute Gasteiger partial charge is 0.310 e. The number of carbonyl (C=O) groups excluding carboxylic acids is 1. The molecule has 5 heteroatoms. The minimum atomic E-state index is -0.385. The van der Waals surface area contributed by atoms with Crippen molar-refractivity contribution in [3.8, 4) is 0 Å². The number of amidine groups is 1. The number of benzene rings is 1. The second-order valence-electron chi connectivity index (χ2n) is 4.57. The van der Waals surface area contributed by atoms with Crippen LogP contribution >= 0.6 is 0 Å². The summed E-state index contributed by atoms with van der Waals surface area (Å²) in [7, 11) is 0. The average Bonchev–Trinajstić information content (AvgIpc) is 2.87. The van der Waals surface area contributed by atoms with Gasteiger partial charge in [-0.1, -0.05) is 37.3 Å². The maximum Gasteiger partial charge on any atom is 0.272 e. The first-order valence-electron chi connectivity index (χ1n) is 6.42. The highest BCUT2D eigenvalue weighted by Crippen LogP contribution is 2.19. The van der Waals surface area contributed by atoms with Gasteiger partial charge in [-0.15, -0.1) is 0 Å². The summed E-state index contributed by atoms with van der Waals surface area (Å²) in [6.45, 7) is 2.61. The molecular weight excluding hydrogens is 240 g/mol. The lowest BCUT2D eigenvalue weighted by Crippen LogP contribution is -2.51. The molecule has 1 aromatic rings. The molecular formula is C14H16N4O. The molecule has 1 unspecified atom stereocenters. The van der Waals surface area contributed by atoms with Gasteiger partial charge in [-0.2, -0.15) is 5.10 Å². The van der Waals surface area contributed by atoms with Crippen molar-refractivity contribution in [2.75, 3.05) is 0 Å². The van der Waals surface area contributed by atoms with Gasteiger partial charge in [0.1, 0.15) is 5.84 Å². The van der Waals surface area contributed by atoms with Crippen LogP contribution in [0.25, 0.3) is 0 Å². The number of rotatable bonds is 3. The van der Waals surface area contributed by atoms with Gasteiger partial charge in [0, 0.05) is 18.8 Å². The molecule has 1 aromatic carbocycles. The molecule has 3 rings (SSSR count). The predicted octanol–water partition coefficient (Wildman–Crippen LogP) is 1.45. The van der Waals surface area contributed by atoms with Crippen molar-refractivity contribution in [1.82, 2.24) is 15.2 Å². The molecule has 0 radical (unpaired) electrons. The summed E-state index contributed by atoms with van der Waals surface area (Å²) >= 11 is 0. The molecule has 5 nitrogen and oxygen atoms in total. The Morgan fingerprint density at radius 2 is 2.05 bits per heavy atom. The van der Waals surface area contributed by atoms with Crippen LogP contribution in [0, 0.1) is 0 Å². The third-order valence-corrected chi connectivity index (χ3v) is 3.33. The van der Waals surface area contributed by atoms with Crippen molar-refractivity contribution in [1.29, 1.82) is 0 Å². The highest BCUT2D eigenvalue weighted by atomic mass is 16.2. The topological polar surface area (TPSA) is 47.9 Å². The first-order valence-corrected chi connectivity index (χ1v) is 6.42. The number of hydrogen-bond donors (Lipinski definition) is 1. The van der Waals surface area contributed by atoms with Crippen molar-refractivity contribution < 1.29 is 4.79 Å². The summed E-state index contributed by atoms with van der Waals surface area (Å²) in [5, 5.41) is 4.18. The molecule has 0 saturated heterocycles. The number of hydrogen-bond acceptors (Lipinski definition) is 4. The zero-order valence-corrected chi connectivity index (χ0v) is 10.8. The summed E-state index contributed by atoms with van der Waals surface area (Å²) in [5.41, 5.74) is 4.01.